The maximum absolute atomic E-state index is 13.6. The van der Waals surface area contributed by atoms with Crippen LogP contribution < -0.4 is 25.4 Å². The van der Waals surface area contributed by atoms with Gasteiger partial charge < -0.3 is 25.4 Å². The molecule has 0 aliphatic rings. The van der Waals surface area contributed by atoms with Crippen LogP contribution in [0.25, 0.3) is 17.3 Å². The first-order valence-corrected chi connectivity index (χ1v) is 18.1. The van der Waals surface area contributed by atoms with Crippen LogP contribution in [0, 0.1) is 0 Å². The number of amides is 3. The lowest BCUT2D eigenvalue weighted by Gasteiger charge is -2.12. The smallest absolute Gasteiger partial charge is 0.272 e. The van der Waals surface area contributed by atoms with Crippen molar-refractivity contribution in [3.63, 3.8) is 0 Å². The fraction of sp³-hybridized carbons (Fsp3) is 0.0732. The van der Waals surface area contributed by atoms with Crippen molar-refractivity contribution >= 4 is 57.7 Å². The standard InChI is InChI=1S/C41H34N4O5S2/c1-49-34-16-8-14-31(23-34)37-26-52-41(44-37)45-38(46)27-51-35-17-9-15-32(24-35)42-40(48)36(43-39(47)30-12-6-3-7-13-30)22-28-18-20-33(21-19-28)50-25-29-10-4-2-5-11-29/h2-24,26H,25,27H2,1H3,(H,42,48)(H,43,47)(H,44,45,46)/b36-22-. The molecular formula is C41H34N4O5S2. The van der Waals surface area contributed by atoms with Gasteiger partial charge in [0.2, 0.25) is 5.91 Å². The van der Waals surface area contributed by atoms with Gasteiger partial charge in [-0.25, -0.2) is 4.98 Å². The number of aromatic nitrogens is 1. The molecule has 0 atom stereocenters. The Balaban J connectivity index is 1.09. The summed E-state index contributed by atoms with van der Waals surface area (Å²) in [6.45, 7) is 0.427. The molecule has 260 valence electrons. The van der Waals surface area contributed by atoms with E-state index in [0.717, 1.165) is 27.5 Å². The van der Waals surface area contributed by atoms with Gasteiger partial charge in [0.05, 0.1) is 18.6 Å². The van der Waals surface area contributed by atoms with Crippen molar-refractivity contribution in [2.45, 2.75) is 11.5 Å². The Hall–Kier alpha value is -6.17. The summed E-state index contributed by atoms with van der Waals surface area (Å²) in [6, 6.07) is 40.5. The topological polar surface area (TPSA) is 119 Å². The zero-order valence-electron chi connectivity index (χ0n) is 28.1. The monoisotopic (exact) mass is 726 g/mol. The summed E-state index contributed by atoms with van der Waals surface area (Å²) in [4.78, 5) is 44.8. The van der Waals surface area contributed by atoms with Crippen LogP contribution in [0.2, 0.25) is 0 Å². The van der Waals surface area contributed by atoms with Crippen LogP contribution in [0.15, 0.2) is 149 Å². The first kappa shape index (κ1) is 35.6. The zero-order valence-corrected chi connectivity index (χ0v) is 29.7. The Morgan fingerprint density at radius 2 is 1.54 bits per heavy atom. The first-order valence-electron chi connectivity index (χ1n) is 16.2. The number of ether oxygens (including phenoxy) is 2. The molecule has 0 aliphatic heterocycles. The average Bonchev–Trinajstić information content (AvgIpc) is 3.66. The maximum Gasteiger partial charge on any atom is 0.272 e. The summed E-state index contributed by atoms with van der Waals surface area (Å²) in [5.74, 6) is 0.393. The third kappa shape index (κ3) is 10.2. The Bertz CT molecular complexity index is 2170. The SMILES string of the molecule is COc1cccc(-c2csc(NC(=O)CSc3cccc(NC(=O)/C(=C/c4ccc(OCc5ccccc5)cc4)NC(=O)c4ccccc4)c3)n2)c1. The van der Waals surface area contributed by atoms with Crippen molar-refractivity contribution in [3.8, 4) is 22.8 Å². The molecule has 0 aliphatic carbocycles. The van der Waals surface area contributed by atoms with Gasteiger partial charge in [-0.2, -0.15) is 0 Å². The molecule has 0 fully saturated rings. The maximum atomic E-state index is 13.6. The number of hydrogen-bond donors (Lipinski definition) is 3. The van der Waals surface area contributed by atoms with Crippen LogP contribution in [-0.2, 0) is 16.2 Å². The molecule has 6 aromatic rings. The Morgan fingerprint density at radius 3 is 2.31 bits per heavy atom. The minimum Gasteiger partial charge on any atom is -0.497 e. The molecule has 3 amide bonds. The summed E-state index contributed by atoms with van der Waals surface area (Å²) >= 11 is 2.66. The van der Waals surface area contributed by atoms with Crippen LogP contribution in [0.3, 0.4) is 0 Å². The Labute approximate surface area is 309 Å². The average molecular weight is 727 g/mol. The summed E-state index contributed by atoms with van der Waals surface area (Å²) in [5, 5.41) is 10.9. The van der Waals surface area contributed by atoms with Crippen molar-refractivity contribution in [2.75, 3.05) is 23.5 Å². The van der Waals surface area contributed by atoms with E-state index in [1.54, 1.807) is 55.7 Å². The minimum atomic E-state index is -0.510. The van der Waals surface area contributed by atoms with Crippen LogP contribution in [0.5, 0.6) is 11.5 Å². The highest BCUT2D eigenvalue weighted by atomic mass is 32.2. The van der Waals surface area contributed by atoms with Gasteiger partial charge in [0, 0.05) is 27.1 Å². The van der Waals surface area contributed by atoms with Gasteiger partial charge in [0.25, 0.3) is 11.8 Å². The number of carbonyl (C=O) groups is 3. The van der Waals surface area contributed by atoms with Crippen molar-refractivity contribution in [3.05, 3.63) is 161 Å². The highest BCUT2D eigenvalue weighted by Gasteiger charge is 2.16. The van der Waals surface area contributed by atoms with Gasteiger partial charge in [0.15, 0.2) is 5.13 Å². The second kappa shape index (κ2) is 17.7. The van der Waals surface area contributed by atoms with E-state index in [1.807, 2.05) is 96.4 Å². The lowest BCUT2D eigenvalue weighted by atomic mass is 10.1. The van der Waals surface area contributed by atoms with Crippen molar-refractivity contribution in [2.24, 2.45) is 0 Å². The number of anilines is 2. The van der Waals surface area contributed by atoms with Crippen LogP contribution in [-0.4, -0.2) is 35.6 Å². The van der Waals surface area contributed by atoms with Gasteiger partial charge in [-0.15, -0.1) is 23.1 Å². The van der Waals surface area contributed by atoms with Gasteiger partial charge in [-0.1, -0.05) is 78.9 Å². The van der Waals surface area contributed by atoms with Crippen LogP contribution in [0.1, 0.15) is 21.5 Å². The number of benzene rings is 5. The van der Waals surface area contributed by atoms with Crippen molar-refractivity contribution in [1.82, 2.24) is 10.3 Å². The van der Waals surface area contributed by atoms with E-state index < -0.39 is 11.8 Å². The van der Waals surface area contributed by atoms with E-state index in [9.17, 15) is 14.4 Å². The van der Waals surface area contributed by atoms with Crippen molar-refractivity contribution in [1.29, 1.82) is 0 Å². The predicted molar refractivity (Wildman–Crippen MR) is 208 cm³/mol. The predicted octanol–water partition coefficient (Wildman–Crippen LogP) is 8.54. The highest BCUT2D eigenvalue weighted by Crippen LogP contribution is 2.28. The molecule has 0 spiro atoms. The third-order valence-electron chi connectivity index (χ3n) is 7.55. The molecule has 52 heavy (non-hydrogen) atoms. The second-order valence-electron chi connectivity index (χ2n) is 11.3. The molecule has 0 radical (unpaired) electrons. The largest absolute Gasteiger partial charge is 0.497 e. The Kier molecular flexibility index (Phi) is 12.1. The van der Waals surface area contributed by atoms with Gasteiger partial charge in [0.1, 0.15) is 23.8 Å². The van der Waals surface area contributed by atoms with Crippen LogP contribution in [0.4, 0.5) is 10.8 Å². The summed E-state index contributed by atoms with van der Waals surface area (Å²) in [6.07, 6.45) is 1.61. The fourth-order valence-corrected chi connectivity index (χ4v) is 6.41. The van der Waals surface area contributed by atoms with E-state index in [-0.39, 0.29) is 17.4 Å². The molecule has 0 saturated heterocycles. The van der Waals surface area contributed by atoms with Crippen LogP contribution >= 0.6 is 23.1 Å². The molecule has 0 saturated carbocycles. The lowest BCUT2D eigenvalue weighted by molar-refractivity contribution is -0.114. The zero-order chi connectivity index (χ0) is 36.1. The number of thioether (sulfide) groups is 1. The Morgan fingerprint density at radius 1 is 0.788 bits per heavy atom. The van der Waals surface area contributed by atoms with E-state index >= 15 is 0 Å². The summed E-state index contributed by atoms with van der Waals surface area (Å²) in [7, 11) is 1.61. The van der Waals surface area contributed by atoms with E-state index in [2.05, 4.69) is 20.9 Å². The fourth-order valence-electron chi connectivity index (χ4n) is 4.92. The molecule has 1 aromatic heterocycles. The molecule has 5 aromatic carbocycles. The van der Waals surface area contributed by atoms with E-state index in [4.69, 9.17) is 9.47 Å². The van der Waals surface area contributed by atoms with E-state index in [0.29, 0.717) is 34.3 Å². The van der Waals surface area contributed by atoms with Gasteiger partial charge >= 0.3 is 0 Å². The number of nitrogens with one attached hydrogen (secondary N) is 3. The second-order valence-corrected chi connectivity index (χ2v) is 13.2. The highest BCUT2D eigenvalue weighted by molar-refractivity contribution is 8.00. The quantitative estimate of drug-likeness (QED) is 0.0761. The molecular weight excluding hydrogens is 693 g/mol. The normalized spacial score (nSPS) is 11.0. The van der Waals surface area contributed by atoms with Gasteiger partial charge in [-0.3, -0.25) is 14.4 Å². The minimum absolute atomic E-state index is 0.0565. The molecule has 0 bridgehead atoms. The molecule has 0 unspecified atom stereocenters. The molecule has 9 nitrogen and oxygen atoms in total. The molecule has 1 heterocycles. The number of carbonyl (C=O) groups excluding carboxylic acids is 3. The molecule has 3 N–H and O–H groups in total. The van der Waals surface area contributed by atoms with Crippen molar-refractivity contribution < 1.29 is 23.9 Å². The molecule has 6 rings (SSSR count). The number of thiazole rings is 1. The number of nitrogens with zero attached hydrogens (tertiary/aromatic N) is 1. The van der Waals surface area contributed by atoms with Gasteiger partial charge in [-0.05, 0) is 71.8 Å². The summed E-state index contributed by atoms with van der Waals surface area (Å²) < 4.78 is 11.2. The first-order chi connectivity index (χ1) is 25.4. The number of methoxy groups -OCH3 is 1. The third-order valence-corrected chi connectivity index (χ3v) is 9.30. The summed E-state index contributed by atoms with van der Waals surface area (Å²) in [5.41, 5.74) is 4.35. The van der Waals surface area contributed by atoms with E-state index in [1.165, 1.54) is 23.1 Å². The lowest BCUT2D eigenvalue weighted by Crippen LogP contribution is -2.30. The number of hydrogen-bond acceptors (Lipinski definition) is 8. The number of rotatable bonds is 14. The molecule has 11 heteroatoms.